The van der Waals surface area contributed by atoms with Gasteiger partial charge >= 0.3 is 0 Å². The van der Waals surface area contributed by atoms with Crippen molar-refractivity contribution in [1.82, 2.24) is 0 Å². The molecule has 0 fully saturated rings. The van der Waals surface area contributed by atoms with Crippen molar-refractivity contribution < 1.29 is 10.2 Å². The van der Waals surface area contributed by atoms with Crippen LogP contribution in [-0.2, 0) is 5.60 Å². The van der Waals surface area contributed by atoms with Crippen molar-refractivity contribution >= 4 is 0 Å². The van der Waals surface area contributed by atoms with Gasteiger partial charge in [-0.05, 0) is 16.7 Å². The van der Waals surface area contributed by atoms with Gasteiger partial charge in [0.15, 0.2) is 0 Å². The molecule has 17 heavy (non-hydrogen) atoms. The maximum atomic E-state index is 10.8. The van der Waals surface area contributed by atoms with E-state index < -0.39 is 11.7 Å². The molecule has 0 aliphatic heterocycles. The molecule has 2 nitrogen and oxygen atoms in total. The Morgan fingerprint density at radius 2 is 1.59 bits per heavy atom. The molecule has 1 aliphatic carbocycles. The van der Waals surface area contributed by atoms with E-state index in [9.17, 15) is 10.2 Å². The quantitative estimate of drug-likeness (QED) is 0.783. The van der Waals surface area contributed by atoms with Crippen LogP contribution in [0.4, 0.5) is 0 Å². The van der Waals surface area contributed by atoms with E-state index in [4.69, 9.17) is 0 Å². The van der Waals surface area contributed by atoms with Crippen LogP contribution in [0.15, 0.2) is 54.6 Å². The third-order valence-corrected chi connectivity index (χ3v) is 3.51. The number of hydrogen-bond acceptors (Lipinski definition) is 2. The van der Waals surface area contributed by atoms with Crippen LogP contribution in [0.3, 0.4) is 0 Å². The van der Waals surface area contributed by atoms with E-state index in [0.717, 1.165) is 16.7 Å². The molecule has 2 N–H and O–H groups in total. The average molecular weight is 226 g/mol. The van der Waals surface area contributed by atoms with E-state index >= 15 is 0 Å². The van der Waals surface area contributed by atoms with Gasteiger partial charge in [-0.3, -0.25) is 0 Å². The Balaban J connectivity index is 2.18. The molecular weight excluding hydrogens is 212 g/mol. The van der Waals surface area contributed by atoms with Crippen LogP contribution in [-0.4, -0.2) is 10.2 Å². The lowest BCUT2D eigenvalue weighted by Crippen LogP contribution is -2.24. The molecule has 3 rings (SSSR count). The second kappa shape index (κ2) is 3.69. The first kappa shape index (κ1) is 10.5. The summed E-state index contributed by atoms with van der Waals surface area (Å²) in [6.07, 6.45) is -0.257. The second-order valence-corrected chi connectivity index (χ2v) is 4.53. The van der Waals surface area contributed by atoms with E-state index in [0.29, 0.717) is 6.42 Å². The molecule has 2 aromatic carbocycles. The fourth-order valence-corrected chi connectivity index (χ4v) is 2.65. The smallest absolute Gasteiger partial charge is 0.118 e. The fourth-order valence-electron chi connectivity index (χ4n) is 2.65. The zero-order chi connectivity index (χ0) is 11.9. The predicted molar refractivity (Wildman–Crippen MR) is 65.5 cm³/mol. The molecule has 0 amide bonds. The lowest BCUT2D eigenvalue weighted by molar-refractivity contribution is 0.0413. The van der Waals surface area contributed by atoms with Crippen molar-refractivity contribution in [3.8, 4) is 0 Å². The topological polar surface area (TPSA) is 40.5 Å². The van der Waals surface area contributed by atoms with Crippen molar-refractivity contribution in [3.05, 3.63) is 71.3 Å². The molecule has 0 radical (unpaired) electrons. The molecular formula is C15H14O2. The Morgan fingerprint density at radius 1 is 0.941 bits per heavy atom. The van der Waals surface area contributed by atoms with Gasteiger partial charge in [0, 0.05) is 6.42 Å². The first-order chi connectivity index (χ1) is 8.22. The molecule has 86 valence electrons. The highest BCUT2D eigenvalue weighted by molar-refractivity contribution is 5.46. The van der Waals surface area contributed by atoms with Crippen LogP contribution in [0, 0.1) is 0 Å². The third-order valence-electron chi connectivity index (χ3n) is 3.51. The molecule has 0 spiro atoms. The minimum Gasteiger partial charge on any atom is -0.388 e. The van der Waals surface area contributed by atoms with Crippen LogP contribution in [0.25, 0.3) is 0 Å². The van der Waals surface area contributed by atoms with Gasteiger partial charge in [0.25, 0.3) is 0 Å². The minimum absolute atomic E-state index is 0.330. The van der Waals surface area contributed by atoms with Gasteiger partial charge in [-0.15, -0.1) is 0 Å². The lowest BCUT2D eigenvalue weighted by atomic mass is 9.88. The van der Waals surface area contributed by atoms with Crippen LogP contribution < -0.4 is 0 Å². The molecule has 0 saturated heterocycles. The maximum Gasteiger partial charge on any atom is 0.118 e. The Hall–Kier alpha value is -1.64. The highest BCUT2D eigenvalue weighted by atomic mass is 16.3. The van der Waals surface area contributed by atoms with E-state index in [-0.39, 0.29) is 0 Å². The first-order valence-corrected chi connectivity index (χ1v) is 5.77. The summed E-state index contributed by atoms with van der Waals surface area (Å²) in [5, 5.41) is 20.8. The normalized spacial score (nSPS) is 26.8. The molecule has 0 bridgehead atoms. The molecule has 2 aromatic rings. The average Bonchev–Trinajstić information content (AvgIpc) is 2.65. The molecule has 0 heterocycles. The van der Waals surface area contributed by atoms with Gasteiger partial charge in [0.05, 0.1) is 6.10 Å². The van der Waals surface area contributed by atoms with Crippen molar-refractivity contribution in [2.45, 2.75) is 18.1 Å². The number of aliphatic hydroxyl groups is 2. The molecule has 0 saturated carbocycles. The Morgan fingerprint density at radius 3 is 2.35 bits per heavy atom. The van der Waals surface area contributed by atoms with Crippen molar-refractivity contribution in [1.29, 1.82) is 0 Å². The molecule has 2 atom stereocenters. The van der Waals surface area contributed by atoms with Crippen LogP contribution in [0.5, 0.6) is 0 Å². The Bertz CT molecular complexity index is 536. The van der Waals surface area contributed by atoms with Crippen LogP contribution in [0.2, 0.25) is 0 Å². The third kappa shape index (κ3) is 1.49. The molecule has 0 aromatic heterocycles. The molecule has 2 unspecified atom stereocenters. The minimum atomic E-state index is -1.06. The number of aliphatic hydroxyl groups excluding tert-OH is 1. The van der Waals surface area contributed by atoms with Gasteiger partial charge in [-0.2, -0.15) is 0 Å². The summed E-state index contributed by atoms with van der Waals surface area (Å²) in [5.41, 5.74) is 1.43. The second-order valence-electron chi connectivity index (χ2n) is 4.53. The number of rotatable bonds is 1. The lowest BCUT2D eigenvalue weighted by Gasteiger charge is -2.24. The van der Waals surface area contributed by atoms with Crippen LogP contribution >= 0.6 is 0 Å². The van der Waals surface area contributed by atoms with Gasteiger partial charge < -0.3 is 10.2 Å². The Labute approximate surface area is 100 Å². The SMILES string of the molecule is OC1CC(O)(c2ccccc2)c2ccccc21. The van der Waals surface area contributed by atoms with Crippen molar-refractivity contribution in [2.75, 3.05) is 0 Å². The highest BCUT2D eigenvalue weighted by Crippen LogP contribution is 2.46. The summed E-state index contributed by atoms with van der Waals surface area (Å²) in [5.74, 6) is 0. The largest absolute Gasteiger partial charge is 0.388 e. The Kier molecular flexibility index (Phi) is 2.28. The molecule has 1 aliphatic rings. The predicted octanol–water partition coefficient (Wildman–Crippen LogP) is 2.36. The standard InChI is InChI=1S/C15H14O2/c16-14-10-15(17,11-6-2-1-3-7-11)13-9-5-4-8-12(13)14/h1-9,14,16-17H,10H2. The van der Waals surface area contributed by atoms with Gasteiger partial charge in [0.2, 0.25) is 0 Å². The van der Waals surface area contributed by atoms with Crippen molar-refractivity contribution in [3.63, 3.8) is 0 Å². The summed E-state index contributed by atoms with van der Waals surface area (Å²) in [4.78, 5) is 0. The van der Waals surface area contributed by atoms with Crippen molar-refractivity contribution in [2.24, 2.45) is 0 Å². The highest BCUT2D eigenvalue weighted by Gasteiger charge is 2.42. The first-order valence-electron chi connectivity index (χ1n) is 5.77. The fraction of sp³-hybridized carbons (Fsp3) is 0.200. The van der Waals surface area contributed by atoms with Gasteiger partial charge in [-0.1, -0.05) is 54.6 Å². The molecule has 2 heteroatoms. The van der Waals surface area contributed by atoms with Gasteiger partial charge in [0.1, 0.15) is 5.60 Å². The van der Waals surface area contributed by atoms with E-state index in [2.05, 4.69) is 0 Å². The number of benzene rings is 2. The zero-order valence-corrected chi connectivity index (χ0v) is 9.38. The summed E-state index contributed by atoms with van der Waals surface area (Å²) < 4.78 is 0. The summed E-state index contributed by atoms with van der Waals surface area (Å²) in [6, 6.07) is 17.1. The maximum absolute atomic E-state index is 10.8. The monoisotopic (exact) mass is 226 g/mol. The number of hydrogen-bond donors (Lipinski definition) is 2. The van der Waals surface area contributed by atoms with E-state index in [1.54, 1.807) is 0 Å². The van der Waals surface area contributed by atoms with Crippen LogP contribution in [0.1, 0.15) is 29.2 Å². The number of fused-ring (bicyclic) bond motifs is 1. The summed E-state index contributed by atoms with van der Waals surface area (Å²) >= 11 is 0. The zero-order valence-electron chi connectivity index (χ0n) is 9.38. The van der Waals surface area contributed by atoms with Gasteiger partial charge in [-0.25, -0.2) is 0 Å². The van der Waals surface area contributed by atoms with E-state index in [1.165, 1.54) is 0 Å². The summed E-state index contributed by atoms with van der Waals surface area (Å²) in [6.45, 7) is 0. The van der Waals surface area contributed by atoms with E-state index in [1.807, 2.05) is 54.6 Å². The summed E-state index contributed by atoms with van der Waals surface area (Å²) in [7, 11) is 0.